The average molecular weight is 449 g/mol. The maximum Gasteiger partial charge on any atom is 0.253 e. The molecule has 0 radical (unpaired) electrons. The van der Waals surface area contributed by atoms with Gasteiger partial charge in [-0.2, -0.15) is 5.10 Å². The van der Waals surface area contributed by atoms with Gasteiger partial charge in [0.25, 0.3) is 5.91 Å². The van der Waals surface area contributed by atoms with Crippen molar-refractivity contribution in [2.45, 2.75) is 27.3 Å². The number of rotatable bonds is 5. The van der Waals surface area contributed by atoms with Crippen LogP contribution in [0.3, 0.4) is 0 Å². The molecule has 1 N–H and O–H groups in total. The van der Waals surface area contributed by atoms with Gasteiger partial charge in [-0.25, -0.2) is 4.98 Å². The predicted octanol–water partition coefficient (Wildman–Crippen LogP) is 4.39. The van der Waals surface area contributed by atoms with E-state index in [1.54, 1.807) is 17.1 Å². The second-order valence-electron chi connectivity index (χ2n) is 7.98. The molecule has 0 saturated heterocycles. The van der Waals surface area contributed by atoms with Crippen molar-refractivity contribution in [3.05, 3.63) is 76.2 Å². The third kappa shape index (κ3) is 4.29. The van der Waals surface area contributed by atoms with Gasteiger partial charge in [0, 0.05) is 48.3 Å². The fourth-order valence-corrected chi connectivity index (χ4v) is 3.96. The molecule has 0 unspecified atom stereocenters. The van der Waals surface area contributed by atoms with Crippen molar-refractivity contribution in [2.24, 2.45) is 14.1 Å². The zero-order valence-corrected chi connectivity index (χ0v) is 19.5. The normalized spacial score (nSPS) is 11.1. The number of halogens is 1. The summed E-state index contributed by atoms with van der Waals surface area (Å²) in [5.41, 5.74) is 6.60. The molecular formula is C24H25ClN6O. The van der Waals surface area contributed by atoms with Crippen LogP contribution in [0.15, 0.2) is 42.9 Å². The summed E-state index contributed by atoms with van der Waals surface area (Å²) < 4.78 is 3.67. The fourth-order valence-electron chi connectivity index (χ4n) is 3.67. The van der Waals surface area contributed by atoms with Crippen LogP contribution < -0.4 is 5.32 Å². The van der Waals surface area contributed by atoms with Gasteiger partial charge in [0.2, 0.25) is 0 Å². The number of nitrogens with zero attached hydrogens (tertiary/aromatic N) is 5. The van der Waals surface area contributed by atoms with E-state index in [1.807, 2.05) is 69.9 Å². The molecule has 32 heavy (non-hydrogen) atoms. The number of aryl methyl sites for hydroxylation is 3. The van der Waals surface area contributed by atoms with Gasteiger partial charge in [0.1, 0.15) is 5.82 Å². The Morgan fingerprint density at radius 3 is 2.44 bits per heavy atom. The minimum Gasteiger partial charge on any atom is -0.345 e. The largest absolute Gasteiger partial charge is 0.345 e. The van der Waals surface area contributed by atoms with Crippen molar-refractivity contribution in [3.63, 3.8) is 0 Å². The van der Waals surface area contributed by atoms with Crippen molar-refractivity contribution in [1.29, 1.82) is 0 Å². The monoisotopic (exact) mass is 448 g/mol. The van der Waals surface area contributed by atoms with Gasteiger partial charge in [-0.05, 0) is 50.1 Å². The van der Waals surface area contributed by atoms with E-state index >= 15 is 0 Å². The Labute approximate surface area is 192 Å². The molecule has 0 aliphatic heterocycles. The first-order valence-corrected chi connectivity index (χ1v) is 10.6. The summed E-state index contributed by atoms with van der Waals surface area (Å²) in [6, 6.07) is 7.64. The van der Waals surface area contributed by atoms with E-state index in [0.717, 1.165) is 39.5 Å². The SMILES string of the molecule is Cc1cc(Cl)cc(-c2cnc(-c3cnn(C)c3)c(C(=O)NCc3nc(C)c(C)n3C)c2)c1. The number of carbonyl (C=O) groups excluding carboxylic acids is 1. The third-order valence-corrected chi connectivity index (χ3v) is 5.82. The molecule has 3 heterocycles. The van der Waals surface area contributed by atoms with Crippen molar-refractivity contribution in [3.8, 4) is 22.4 Å². The Bertz CT molecular complexity index is 1300. The van der Waals surface area contributed by atoms with E-state index in [9.17, 15) is 4.79 Å². The van der Waals surface area contributed by atoms with E-state index in [-0.39, 0.29) is 5.91 Å². The number of aromatic nitrogens is 5. The van der Waals surface area contributed by atoms with Crippen molar-refractivity contribution in [1.82, 2.24) is 29.6 Å². The molecule has 0 spiro atoms. The Kier molecular flexibility index (Phi) is 5.84. The number of benzene rings is 1. The van der Waals surface area contributed by atoms with Crippen LogP contribution in [-0.2, 0) is 20.6 Å². The fraction of sp³-hybridized carbons (Fsp3) is 0.250. The second kappa shape index (κ2) is 8.59. The summed E-state index contributed by atoms with van der Waals surface area (Å²) >= 11 is 6.26. The maximum absolute atomic E-state index is 13.3. The Hall–Kier alpha value is -3.45. The molecule has 1 amide bonds. The molecule has 0 atom stereocenters. The molecule has 4 aromatic rings. The Balaban J connectivity index is 1.72. The average Bonchev–Trinajstić information content (AvgIpc) is 3.29. The Morgan fingerprint density at radius 1 is 1.03 bits per heavy atom. The van der Waals surface area contributed by atoms with Crippen molar-refractivity contribution < 1.29 is 4.79 Å². The van der Waals surface area contributed by atoms with E-state index in [4.69, 9.17) is 11.6 Å². The molecule has 4 rings (SSSR count). The van der Waals surface area contributed by atoms with Crippen molar-refractivity contribution in [2.75, 3.05) is 0 Å². The van der Waals surface area contributed by atoms with Crippen molar-refractivity contribution >= 4 is 17.5 Å². The molecule has 0 aliphatic carbocycles. The molecule has 0 bridgehead atoms. The first-order chi connectivity index (χ1) is 15.2. The summed E-state index contributed by atoms with van der Waals surface area (Å²) in [7, 11) is 3.78. The molecule has 164 valence electrons. The number of carbonyl (C=O) groups is 1. The zero-order chi connectivity index (χ0) is 23.0. The van der Waals surface area contributed by atoms with Gasteiger partial charge >= 0.3 is 0 Å². The number of hydrogen-bond donors (Lipinski definition) is 1. The minimum atomic E-state index is -0.227. The van der Waals surface area contributed by atoms with E-state index in [0.29, 0.717) is 22.8 Å². The van der Waals surface area contributed by atoms with Crippen LogP contribution in [0, 0.1) is 20.8 Å². The summed E-state index contributed by atoms with van der Waals surface area (Å²) in [5, 5.41) is 7.87. The quantitative estimate of drug-likeness (QED) is 0.491. The number of imidazole rings is 1. The summed E-state index contributed by atoms with van der Waals surface area (Å²) in [5.74, 6) is 0.570. The van der Waals surface area contributed by atoms with Gasteiger partial charge in [-0.1, -0.05) is 17.7 Å². The van der Waals surface area contributed by atoms with Gasteiger partial charge < -0.3 is 9.88 Å². The Morgan fingerprint density at radius 2 is 1.81 bits per heavy atom. The summed E-state index contributed by atoms with van der Waals surface area (Å²) in [6.45, 7) is 6.27. The van der Waals surface area contributed by atoms with Crippen LogP contribution >= 0.6 is 11.6 Å². The van der Waals surface area contributed by atoms with E-state index in [1.165, 1.54) is 0 Å². The second-order valence-corrected chi connectivity index (χ2v) is 8.42. The lowest BCUT2D eigenvalue weighted by atomic mass is 10.0. The number of nitrogens with one attached hydrogen (secondary N) is 1. The molecule has 0 aliphatic rings. The van der Waals surface area contributed by atoms with Crippen LogP contribution in [-0.4, -0.2) is 30.2 Å². The van der Waals surface area contributed by atoms with Gasteiger partial charge in [0.15, 0.2) is 0 Å². The van der Waals surface area contributed by atoms with Crippen LogP contribution in [0.5, 0.6) is 0 Å². The summed E-state index contributed by atoms with van der Waals surface area (Å²) in [6.07, 6.45) is 5.30. The van der Waals surface area contributed by atoms with Crippen LogP contribution in [0.2, 0.25) is 5.02 Å². The zero-order valence-electron chi connectivity index (χ0n) is 18.8. The number of hydrogen-bond acceptors (Lipinski definition) is 4. The molecule has 0 fully saturated rings. The molecule has 3 aromatic heterocycles. The molecule has 1 aromatic carbocycles. The van der Waals surface area contributed by atoms with Crippen LogP contribution in [0.25, 0.3) is 22.4 Å². The number of amides is 1. The van der Waals surface area contributed by atoms with Gasteiger partial charge in [-0.3, -0.25) is 14.5 Å². The lowest BCUT2D eigenvalue weighted by Gasteiger charge is -2.12. The highest BCUT2D eigenvalue weighted by Crippen LogP contribution is 2.29. The summed E-state index contributed by atoms with van der Waals surface area (Å²) in [4.78, 5) is 22.5. The van der Waals surface area contributed by atoms with Crippen LogP contribution in [0.1, 0.15) is 33.1 Å². The molecular weight excluding hydrogens is 424 g/mol. The van der Waals surface area contributed by atoms with Gasteiger partial charge in [0.05, 0.1) is 29.7 Å². The molecule has 7 nitrogen and oxygen atoms in total. The third-order valence-electron chi connectivity index (χ3n) is 5.60. The van der Waals surface area contributed by atoms with Crippen LogP contribution in [0.4, 0.5) is 0 Å². The van der Waals surface area contributed by atoms with E-state index < -0.39 is 0 Å². The molecule has 8 heteroatoms. The highest BCUT2D eigenvalue weighted by Gasteiger charge is 2.18. The molecule has 0 saturated carbocycles. The topological polar surface area (TPSA) is 77.6 Å². The lowest BCUT2D eigenvalue weighted by molar-refractivity contribution is 0.0950. The number of pyridine rings is 1. The first-order valence-electron chi connectivity index (χ1n) is 10.3. The van der Waals surface area contributed by atoms with E-state index in [2.05, 4.69) is 20.4 Å². The first kappa shape index (κ1) is 21.8. The highest BCUT2D eigenvalue weighted by molar-refractivity contribution is 6.31. The predicted molar refractivity (Wildman–Crippen MR) is 125 cm³/mol. The van der Waals surface area contributed by atoms with Gasteiger partial charge in [-0.15, -0.1) is 0 Å². The maximum atomic E-state index is 13.3. The lowest BCUT2D eigenvalue weighted by Crippen LogP contribution is -2.25. The minimum absolute atomic E-state index is 0.227. The smallest absolute Gasteiger partial charge is 0.253 e. The highest BCUT2D eigenvalue weighted by atomic mass is 35.5. The standard InChI is InChI=1S/C24H25ClN6O/c1-14-6-17(8-20(25)7-14)18-9-21(23(26-10-18)19-11-28-30(4)13-19)24(32)27-12-22-29-15(2)16(3)31(22)5/h6-11,13H,12H2,1-5H3,(H,27,32).